The van der Waals surface area contributed by atoms with E-state index >= 15 is 0 Å². The molecule has 4 fully saturated rings. The molecule has 38 heavy (non-hydrogen) atoms. The molecule has 1 aliphatic carbocycles. The van der Waals surface area contributed by atoms with Crippen LogP contribution in [0.1, 0.15) is 92.1 Å². The average molecular weight is 526 g/mol. The summed E-state index contributed by atoms with van der Waals surface area (Å²) in [5.41, 5.74) is 8.26. The van der Waals surface area contributed by atoms with Crippen molar-refractivity contribution in [1.82, 2.24) is 9.80 Å². The summed E-state index contributed by atoms with van der Waals surface area (Å²) in [6, 6.07) is 5.35. The molecule has 4 aliphatic rings. The lowest BCUT2D eigenvalue weighted by Crippen LogP contribution is -2.46. The number of rotatable bonds is 8. The molecule has 0 bridgehead atoms. The van der Waals surface area contributed by atoms with Crippen LogP contribution in [-0.2, 0) is 19.1 Å². The van der Waals surface area contributed by atoms with Crippen molar-refractivity contribution >= 4 is 17.6 Å². The second-order valence-electron chi connectivity index (χ2n) is 11.5. The molecular formula is C30H43N3O5. The van der Waals surface area contributed by atoms with E-state index in [2.05, 4.69) is 17.9 Å². The van der Waals surface area contributed by atoms with Gasteiger partial charge in [0.2, 0.25) is 11.8 Å². The summed E-state index contributed by atoms with van der Waals surface area (Å²) in [7, 11) is 0. The van der Waals surface area contributed by atoms with Gasteiger partial charge in [-0.2, -0.15) is 0 Å². The van der Waals surface area contributed by atoms with Gasteiger partial charge in [-0.3, -0.25) is 14.4 Å². The van der Waals surface area contributed by atoms with Gasteiger partial charge in [-0.25, -0.2) is 0 Å². The zero-order chi connectivity index (χ0) is 26.8. The van der Waals surface area contributed by atoms with Crippen LogP contribution in [0.3, 0.4) is 0 Å². The van der Waals surface area contributed by atoms with E-state index in [1.54, 1.807) is 4.90 Å². The van der Waals surface area contributed by atoms with E-state index in [-0.39, 0.29) is 30.3 Å². The molecule has 0 unspecified atom stereocenters. The predicted molar refractivity (Wildman–Crippen MR) is 144 cm³/mol. The van der Waals surface area contributed by atoms with E-state index in [0.29, 0.717) is 24.6 Å². The number of nitrogens with two attached hydrogens (primary N) is 1. The van der Waals surface area contributed by atoms with E-state index < -0.39 is 24.0 Å². The Morgan fingerprint density at radius 2 is 1.84 bits per heavy atom. The molecule has 0 aromatic heterocycles. The first-order valence-corrected chi connectivity index (χ1v) is 14.6. The number of piperidine rings is 1. The third kappa shape index (κ3) is 5.27. The third-order valence-electron chi connectivity index (χ3n) is 9.37. The SMILES string of the molecule is CCO[C@H]1CN(C(=O)[C@H](c2cc(C3CCN(CC)CC3)ccc2C(N)=O)C2CCCCC2)[C@@H]2C(=O)CO[C@H]12. The standard InChI is InChI=1S/C30H43N3O5/c1-3-32-14-12-19(13-15-32)21-10-11-22(29(31)35)23(16-21)26(20-8-6-5-7-9-20)30(36)33-17-25(37-4-2)28-27(33)24(34)18-38-28/h10-11,16,19-20,25-28H,3-9,12-15,17-18H2,1-2H3,(H2,31,35)/t25-,26-,27+,28+/m0/s1. The lowest BCUT2D eigenvalue weighted by atomic mass is 9.73. The van der Waals surface area contributed by atoms with Crippen LogP contribution in [0.15, 0.2) is 18.2 Å². The molecule has 4 atom stereocenters. The molecule has 8 nitrogen and oxygen atoms in total. The molecule has 1 aromatic rings. The normalized spacial score (nSPS) is 28.0. The number of fused-ring (bicyclic) bond motifs is 1. The summed E-state index contributed by atoms with van der Waals surface area (Å²) in [6.45, 7) is 8.10. The number of nitrogens with zero attached hydrogens (tertiary/aromatic N) is 2. The maximum atomic E-state index is 14.5. The Morgan fingerprint density at radius 1 is 1.11 bits per heavy atom. The van der Waals surface area contributed by atoms with Crippen molar-refractivity contribution < 1.29 is 23.9 Å². The maximum absolute atomic E-state index is 14.5. The summed E-state index contributed by atoms with van der Waals surface area (Å²) in [5, 5.41) is 0. The van der Waals surface area contributed by atoms with Crippen molar-refractivity contribution in [3.63, 3.8) is 0 Å². The van der Waals surface area contributed by atoms with Gasteiger partial charge in [0.15, 0.2) is 5.78 Å². The molecule has 0 spiro atoms. The fourth-order valence-electron chi connectivity index (χ4n) is 7.33. The second kappa shape index (κ2) is 11.8. The predicted octanol–water partition coefficient (Wildman–Crippen LogP) is 3.23. The quantitative estimate of drug-likeness (QED) is 0.559. The van der Waals surface area contributed by atoms with E-state index in [0.717, 1.165) is 70.1 Å². The molecular weight excluding hydrogens is 482 g/mol. The summed E-state index contributed by atoms with van der Waals surface area (Å²) in [6.07, 6.45) is 6.50. The smallest absolute Gasteiger partial charge is 0.249 e. The number of hydrogen-bond donors (Lipinski definition) is 1. The van der Waals surface area contributed by atoms with E-state index in [1.165, 1.54) is 5.56 Å². The fourth-order valence-corrected chi connectivity index (χ4v) is 7.33. The zero-order valence-corrected chi connectivity index (χ0v) is 22.9. The first-order valence-electron chi connectivity index (χ1n) is 14.6. The summed E-state index contributed by atoms with van der Waals surface area (Å²) < 4.78 is 11.7. The maximum Gasteiger partial charge on any atom is 0.249 e. The van der Waals surface area contributed by atoms with Crippen molar-refractivity contribution in [2.24, 2.45) is 11.7 Å². The van der Waals surface area contributed by atoms with Crippen LogP contribution in [-0.4, -0.2) is 85.0 Å². The molecule has 1 aromatic carbocycles. The van der Waals surface area contributed by atoms with Crippen molar-refractivity contribution in [2.75, 3.05) is 39.4 Å². The van der Waals surface area contributed by atoms with Crippen molar-refractivity contribution in [2.45, 2.75) is 88.9 Å². The Bertz CT molecular complexity index is 1030. The lowest BCUT2D eigenvalue weighted by Gasteiger charge is -2.35. The lowest BCUT2D eigenvalue weighted by molar-refractivity contribution is -0.139. The number of ether oxygens (including phenoxy) is 2. The van der Waals surface area contributed by atoms with Crippen LogP contribution in [0, 0.1) is 5.92 Å². The van der Waals surface area contributed by atoms with E-state index in [1.807, 2.05) is 19.1 Å². The Labute approximate surface area is 226 Å². The van der Waals surface area contributed by atoms with Crippen LogP contribution in [0.2, 0.25) is 0 Å². The molecule has 3 saturated heterocycles. The molecule has 3 heterocycles. The molecule has 5 rings (SSSR count). The largest absolute Gasteiger partial charge is 0.374 e. The van der Waals surface area contributed by atoms with Gasteiger partial charge < -0.3 is 25.0 Å². The first kappa shape index (κ1) is 27.3. The van der Waals surface area contributed by atoms with Gasteiger partial charge in [0, 0.05) is 12.2 Å². The van der Waals surface area contributed by atoms with Crippen LogP contribution in [0.5, 0.6) is 0 Å². The molecule has 208 valence electrons. The Kier molecular flexibility index (Phi) is 8.50. The number of Topliss-reactive ketones (excluding diaryl/α,β-unsaturated/α-hetero) is 1. The molecule has 0 radical (unpaired) electrons. The highest BCUT2D eigenvalue weighted by atomic mass is 16.6. The Morgan fingerprint density at radius 3 is 2.50 bits per heavy atom. The van der Waals surface area contributed by atoms with Crippen LogP contribution >= 0.6 is 0 Å². The fraction of sp³-hybridized carbons (Fsp3) is 0.700. The highest BCUT2D eigenvalue weighted by Gasteiger charge is 2.54. The molecule has 2 amide bonds. The Balaban J connectivity index is 1.52. The van der Waals surface area contributed by atoms with Gasteiger partial charge in [-0.1, -0.05) is 38.3 Å². The number of benzene rings is 1. The zero-order valence-electron chi connectivity index (χ0n) is 22.9. The number of ketones is 1. The minimum atomic E-state index is -0.622. The second-order valence-corrected chi connectivity index (χ2v) is 11.5. The van der Waals surface area contributed by atoms with Gasteiger partial charge in [0.05, 0.1) is 12.5 Å². The van der Waals surface area contributed by atoms with Crippen molar-refractivity contribution in [1.29, 1.82) is 0 Å². The van der Waals surface area contributed by atoms with Crippen LogP contribution < -0.4 is 5.73 Å². The van der Waals surface area contributed by atoms with Gasteiger partial charge in [-0.15, -0.1) is 0 Å². The van der Waals surface area contributed by atoms with Crippen molar-refractivity contribution in [3.8, 4) is 0 Å². The number of carbonyl (C=O) groups is 3. The van der Waals surface area contributed by atoms with Gasteiger partial charge in [0.25, 0.3) is 0 Å². The minimum Gasteiger partial charge on any atom is -0.374 e. The molecule has 8 heteroatoms. The molecule has 2 N–H and O–H groups in total. The minimum absolute atomic E-state index is 0.00919. The summed E-state index contributed by atoms with van der Waals surface area (Å²) >= 11 is 0. The number of amides is 2. The van der Waals surface area contributed by atoms with Gasteiger partial charge >= 0.3 is 0 Å². The monoisotopic (exact) mass is 525 g/mol. The van der Waals surface area contributed by atoms with Gasteiger partial charge in [-0.05, 0) is 81.3 Å². The first-order chi connectivity index (χ1) is 18.4. The highest BCUT2D eigenvalue weighted by Crippen LogP contribution is 2.42. The van der Waals surface area contributed by atoms with Gasteiger partial charge in [0.1, 0.15) is 24.9 Å². The molecule has 3 aliphatic heterocycles. The molecule has 1 saturated carbocycles. The van der Waals surface area contributed by atoms with Crippen LogP contribution in [0.4, 0.5) is 0 Å². The summed E-state index contributed by atoms with van der Waals surface area (Å²) in [5.74, 6) is -0.680. The topological polar surface area (TPSA) is 102 Å². The van der Waals surface area contributed by atoms with E-state index in [4.69, 9.17) is 15.2 Å². The number of primary amides is 1. The van der Waals surface area contributed by atoms with Crippen LogP contribution in [0.25, 0.3) is 0 Å². The highest BCUT2D eigenvalue weighted by molar-refractivity contribution is 5.99. The van der Waals surface area contributed by atoms with Crippen molar-refractivity contribution in [3.05, 3.63) is 34.9 Å². The Hall–Kier alpha value is -2.29. The number of likely N-dealkylation sites (tertiary alicyclic amines) is 2. The third-order valence-corrected chi connectivity index (χ3v) is 9.37. The van der Waals surface area contributed by atoms with E-state index in [9.17, 15) is 14.4 Å². The average Bonchev–Trinajstić information content (AvgIpc) is 3.50. The number of carbonyl (C=O) groups excluding carboxylic acids is 3. The number of hydrogen-bond acceptors (Lipinski definition) is 6. The summed E-state index contributed by atoms with van der Waals surface area (Å²) in [4.78, 5) is 44.3.